The van der Waals surface area contributed by atoms with Crippen LogP contribution in [0.15, 0.2) is 35.5 Å². The Kier molecular flexibility index (Phi) is 5.34. The Balaban J connectivity index is 2.70. The van der Waals surface area contributed by atoms with Crippen molar-refractivity contribution in [2.75, 3.05) is 21.3 Å². The summed E-state index contributed by atoms with van der Waals surface area (Å²) < 4.78 is 16.1. The molecule has 0 bridgehead atoms. The molecule has 0 aliphatic heterocycles. The number of hydrogen-bond acceptors (Lipinski definition) is 5. The van der Waals surface area contributed by atoms with Crippen LogP contribution < -0.4 is 14.2 Å². The molecule has 23 heavy (non-hydrogen) atoms. The van der Waals surface area contributed by atoms with Gasteiger partial charge in [0.1, 0.15) is 5.75 Å². The highest BCUT2D eigenvalue weighted by molar-refractivity contribution is 6.32. The molecule has 0 aliphatic carbocycles. The fourth-order valence-electron chi connectivity index (χ4n) is 2.28. The lowest BCUT2D eigenvalue weighted by Gasteiger charge is -2.16. The molecule has 0 saturated heterocycles. The van der Waals surface area contributed by atoms with E-state index >= 15 is 0 Å². The maximum atomic E-state index is 9.03. The highest BCUT2D eigenvalue weighted by atomic mass is 35.5. The van der Waals surface area contributed by atoms with Crippen LogP contribution in [-0.4, -0.2) is 32.2 Å². The predicted octanol–water partition coefficient (Wildman–Crippen LogP) is 4.23. The third-order valence-electron chi connectivity index (χ3n) is 3.51. The molecule has 0 spiro atoms. The molecular formula is C17H18ClNO4. The summed E-state index contributed by atoms with van der Waals surface area (Å²) in [6.07, 6.45) is 0. The summed E-state index contributed by atoms with van der Waals surface area (Å²) >= 11 is 6.22. The van der Waals surface area contributed by atoms with Crippen LogP contribution in [0.25, 0.3) is 11.1 Å². The van der Waals surface area contributed by atoms with Crippen molar-refractivity contribution < 1.29 is 19.4 Å². The number of benzene rings is 2. The first-order chi connectivity index (χ1) is 11.0. The van der Waals surface area contributed by atoms with Crippen molar-refractivity contribution in [2.24, 2.45) is 5.16 Å². The Morgan fingerprint density at radius 2 is 1.70 bits per heavy atom. The van der Waals surface area contributed by atoms with Gasteiger partial charge in [-0.15, -0.1) is 0 Å². The predicted molar refractivity (Wildman–Crippen MR) is 90.5 cm³/mol. The molecule has 0 saturated carbocycles. The minimum Gasteiger partial charge on any atom is -0.495 e. The average molecular weight is 336 g/mol. The maximum Gasteiger partial charge on any atom is 0.168 e. The highest BCUT2D eigenvalue weighted by Gasteiger charge is 2.16. The van der Waals surface area contributed by atoms with Crippen LogP contribution in [-0.2, 0) is 0 Å². The zero-order chi connectivity index (χ0) is 17.0. The zero-order valence-corrected chi connectivity index (χ0v) is 14.1. The molecule has 0 atom stereocenters. The van der Waals surface area contributed by atoms with E-state index in [9.17, 15) is 0 Å². The minimum absolute atomic E-state index is 0.465. The summed E-state index contributed by atoms with van der Waals surface area (Å²) in [5, 5.41) is 12.8. The van der Waals surface area contributed by atoms with E-state index < -0.39 is 0 Å². The lowest BCUT2D eigenvalue weighted by Crippen LogP contribution is -2.00. The van der Waals surface area contributed by atoms with Gasteiger partial charge < -0.3 is 19.4 Å². The van der Waals surface area contributed by atoms with Crippen LogP contribution >= 0.6 is 11.6 Å². The molecule has 0 unspecified atom stereocenters. The summed E-state index contributed by atoms with van der Waals surface area (Å²) in [4.78, 5) is 0. The van der Waals surface area contributed by atoms with Gasteiger partial charge in [0.2, 0.25) is 0 Å². The van der Waals surface area contributed by atoms with Gasteiger partial charge in [0.05, 0.1) is 32.1 Å². The van der Waals surface area contributed by atoms with E-state index in [-0.39, 0.29) is 0 Å². The van der Waals surface area contributed by atoms with Crippen LogP contribution in [0.3, 0.4) is 0 Å². The van der Waals surface area contributed by atoms with Crippen molar-refractivity contribution in [3.8, 4) is 28.4 Å². The normalized spacial score (nSPS) is 11.3. The van der Waals surface area contributed by atoms with Crippen LogP contribution in [0.1, 0.15) is 12.5 Å². The number of halogens is 1. The van der Waals surface area contributed by atoms with Crippen molar-refractivity contribution in [2.45, 2.75) is 6.92 Å². The largest absolute Gasteiger partial charge is 0.495 e. The van der Waals surface area contributed by atoms with Crippen LogP contribution in [0, 0.1) is 0 Å². The molecule has 2 aromatic rings. The van der Waals surface area contributed by atoms with E-state index in [0.717, 1.165) is 11.1 Å². The smallest absolute Gasteiger partial charge is 0.168 e. The van der Waals surface area contributed by atoms with Crippen LogP contribution in [0.5, 0.6) is 17.2 Å². The molecule has 0 aromatic heterocycles. The van der Waals surface area contributed by atoms with Crippen LogP contribution in [0.2, 0.25) is 5.02 Å². The molecule has 0 fully saturated rings. The second-order valence-electron chi connectivity index (χ2n) is 4.79. The summed E-state index contributed by atoms with van der Waals surface area (Å²) in [7, 11) is 4.68. The Hall–Kier alpha value is -2.40. The molecule has 2 rings (SSSR count). The third kappa shape index (κ3) is 3.35. The SMILES string of the molecule is COc1ccc(-c2cc(/C(C)=N/O)cc(OC)c2OC)cc1Cl. The molecule has 6 heteroatoms. The van der Waals surface area contributed by atoms with Crippen molar-refractivity contribution >= 4 is 17.3 Å². The Bertz CT molecular complexity index is 744. The topological polar surface area (TPSA) is 60.3 Å². The Labute approximate surface area is 140 Å². The number of methoxy groups -OCH3 is 3. The summed E-state index contributed by atoms with van der Waals surface area (Å²) in [6, 6.07) is 9.05. The van der Waals surface area contributed by atoms with Gasteiger partial charge >= 0.3 is 0 Å². The van der Waals surface area contributed by atoms with Gasteiger partial charge in [0, 0.05) is 11.1 Å². The Morgan fingerprint density at radius 3 is 2.22 bits per heavy atom. The molecule has 0 aliphatic rings. The summed E-state index contributed by atoms with van der Waals surface area (Å²) in [5.74, 6) is 1.70. The summed E-state index contributed by atoms with van der Waals surface area (Å²) in [6.45, 7) is 1.70. The van der Waals surface area contributed by atoms with Crippen LogP contribution in [0.4, 0.5) is 0 Å². The first-order valence-electron chi connectivity index (χ1n) is 6.84. The molecule has 0 amide bonds. The molecule has 2 aromatic carbocycles. The molecule has 0 heterocycles. The number of ether oxygens (including phenoxy) is 3. The lowest BCUT2D eigenvalue weighted by atomic mass is 9.99. The maximum absolute atomic E-state index is 9.03. The lowest BCUT2D eigenvalue weighted by molar-refractivity contribution is 0.319. The molecule has 122 valence electrons. The number of nitrogens with zero attached hydrogens (tertiary/aromatic N) is 1. The van der Waals surface area contributed by atoms with Crippen molar-refractivity contribution in [1.29, 1.82) is 0 Å². The van der Waals surface area contributed by atoms with E-state index in [4.69, 9.17) is 31.0 Å². The highest BCUT2D eigenvalue weighted by Crippen LogP contribution is 2.41. The molecule has 5 nitrogen and oxygen atoms in total. The monoisotopic (exact) mass is 335 g/mol. The number of rotatable bonds is 5. The standard InChI is InChI=1S/C17H18ClNO4/c1-10(19-20)12-7-13(17(23-4)16(9-12)22-3)11-5-6-15(21-2)14(18)8-11/h5-9,20H,1-4H3/b19-10+. The van der Waals surface area contributed by atoms with Gasteiger partial charge in [0.15, 0.2) is 11.5 Å². The second kappa shape index (κ2) is 7.24. The van der Waals surface area contributed by atoms with E-state index in [1.807, 2.05) is 12.1 Å². The van der Waals surface area contributed by atoms with Gasteiger partial charge in [-0.25, -0.2) is 0 Å². The minimum atomic E-state index is 0.465. The fourth-order valence-corrected chi connectivity index (χ4v) is 2.54. The van der Waals surface area contributed by atoms with Gasteiger partial charge in [-0.05, 0) is 36.8 Å². The third-order valence-corrected chi connectivity index (χ3v) is 3.80. The van der Waals surface area contributed by atoms with E-state index in [0.29, 0.717) is 33.5 Å². The number of oxime groups is 1. The van der Waals surface area contributed by atoms with E-state index in [2.05, 4.69) is 5.16 Å². The zero-order valence-electron chi connectivity index (χ0n) is 13.4. The van der Waals surface area contributed by atoms with Gasteiger partial charge in [-0.2, -0.15) is 0 Å². The van der Waals surface area contributed by atoms with Crippen molar-refractivity contribution in [1.82, 2.24) is 0 Å². The van der Waals surface area contributed by atoms with Crippen molar-refractivity contribution in [3.05, 3.63) is 40.9 Å². The second-order valence-corrected chi connectivity index (χ2v) is 5.20. The number of hydrogen-bond donors (Lipinski definition) is 1. The molecule has 0 radical (unpaired) electrons. The Morgan fingerprint density at radius 1 is 1.00 bits per heavy atom. The molecule has 1 N–H and O–H groups in total. The van der Waals surface area contributed by atoms with E-state index in [1.165, 1.54) is 0 Å². The van der Waals surface area contributed by atoms with Gasteiger partial charge in [-0.3, -0.25) is 0 Å². The average Bonchev–Trinajstić information content (AvgIpc) is 2.59. The van der Waals surface area contributed by atoms with Crippen molar-refractivity contribution in [3.63, 3.8) is 0 Å². The fraction of sp³-hybridized carbons (Fsp3) is 0.235. The first kappa shape index (κ1) is 17.0. The van der Waals surface area contributed by atoms with E-state index in [1.54, 1.807) is 46.5 Å². The first-order valence-corrected chi connectivity index (χ1v) is 7.22. The summed E-state index contributed by atoms with van der Waals surface area (Å²) in [5.41, 5.74) is 2.78. The van der Waals surface area contributed by atoms with Gasteiger partial charge in [-0.1, -0.05) is 22.8 Å². The quantitative estimate of drug-likeness (QED) is 0.504. The molecular weight excluding hydrogens is 318 g/mol. The van der Waals surface area contributed by atoms with Gasteiger partial charge in [0.25, 0.3) is 0 Å².